The average Bonchev–Trinajstić information content (AvgIpc) is 2.59. The van der Waals surface area contributed by atoms with E-state index in [0.717, 1.165) is 6.42 Å². The lowest BCUT2D eigenvalue weighted by molar-refractivity contribution is -0.119. The minimum Gasteiger partial charge on any atom is -0.444 e. The molecule has 1 fully saturated rings. The highest BCUT2D eigenvalue weighted by molar-refractivity contribution is 5.86. The first-order valence-electron chi connectivity index (χ1n) is 9.52. The standard InChI is InChI=1S/C20H31N5O3/c1-20(2,3)28-19(27)25-13-16(14-25)24-18(21-4)23-12-17(26)22-11-10-15-8-6-5-7-9-15/h5-9,16H,10-14H2,1-4H3,(H,22,26)(H2,21,23,24). The molecule has 0 saturated carbocycles. The van der Waals surface area contributed by atoms with Crippen LogP contribution in [0.25, 0.3) is 0 Å². The minimum absolute atomic E-state index is 0.0832. The number of carbonyl (C=O) groups excluding carboxylic acids is 2. The smallest absolute Gasteiger partial charge is 0.410 e. The van der Waals surface area contributed by atoms with Crippen LogP contribution in [0.3, 0.4) is 0 Å². The second-order valence-electron chi connectivity index (χ2n) is 7.74. The normalized spacial score (nSPS) is 14.9. The van der Waals surface area contributed by atoms with Gasteiger partial charge in [-0.3, -0.25) is 9.79 Å². The van der Waals surface area contributed by atoms with Crippen molar-refractivity contribution in [3.8, 4) is 0 Å². The molecule has 0 atom stereocenters. The Morgan fingerprint density at radius 1 is 1.18 bits per heavy atom. The van der Waals surface area contributed by atoms with Crippen LogP contribution in [0.5, 0.6) is 0 Å². The Kier molecular flexibility index (Phi) is 7.66. The highest BCUT2D eigenvalue weighted by atomic mass is 16.6. The number of nitrogens with one attached hydrogen (secondary N) is 3. The monoisotopic (exact) mass is 389 g/mol. The molecule has 8 nitrogen and oxygen atoms in total. The number of hydrogen-bond acceptors (Lipinski definition) is 4. The first-order chi connectivity index (χ1) is 13.3. The zero-order chi connectivity index (χ0) is 20.6. The summed E-state index contributed by atoms with van der Waals surface area (Å²) in [5.41, 5.74) is 0.689. The number of ether oxygens (including phenoxy) is 1. The summed E-state index contributed by atoms with van der Waals surface area (Å²) in [4.78, 5) is 29.7. The summed E-state index contributed by atoms with van der Waals surface area (Å²) in [6, 6.07) is 10.1. The Labute approximate surface area is 166 Å². The molecule has 0 spiro atoms. The van der Waals surface area contributed by atoms with Crippen molar-refractivity contribution < 1.29 is 14.3 Å². The lowest BCUT2D eigenvalue weighted by Crippen LogP contribution is -2.63. The van der Waals surface area contributed by atoms with Crippen LogP contribution in [0.1, 0.15) is 26.3 Å². The molecule has 154 valence electrons. The Morgan fingerprint density at radius 2 is 1.86 bits per heavy atom. The Morgan fingerprint density at radius 3 is 2.46 bits per heavy atom. The molecule has 2 rings (SSSR count). The van der Waals surface area contributed by atoms with Crippen molar-refractivity contribution in [3.63, 3.8) is 0 Å². The third kappa shape index (κ3) is 7.46. The number of amides is 2. The molecule has 1 aliphatic rings. The van der Waals surface area contributed by atoms with Crippen LogP contribution in [-0.2, 0) is 16.0 Å². The molecule has 0 aromatic heterocycles. The van der Waals surface area contributed by atoms with Gasteiger partial charge in [0.05, 0.1) is 12.6 Å². The van der Waals surface area contributed by atoms with Crippen molar-refractivity contribution in [3.05, 3.63) is 35.9 Å². The number of benzene rings is 1. The second-order valence-corrected chi connectivity index (χ2v) is 7.74. The van der Waals surface area contributed by atoms with Crippen LogP contribution < -0.4 is 16.0 Å². The fraction of sp³-hybridized carbons (Fsp3) is 0.550. The van der Waals surface area contributed by atoms with Gasteiger partial charge in [0.15, 0.2) is 5.96 Å². The molecule has 1 saturated heterocycles. The van der Waals surface area contributed by atoms with E-state index in [4.69, 9.17) is 4.74 Å². The highest BCUT2D eigenvalue weighted by Crippen LogP contribution is 2.15. The molecular formula is C20H31N5O3. The summed E-state index contributed by atoms with van der Waals surface area (Å²) in [5, 5.41) is 9.07. The van der Waals surface area contributed by atoms with Crippen molar-refractivity contribution in [2.24, 2.45) is 4.99 Å². The van der Waals surface area contributed by atoms with Crippen molar-refractivity contribution in [2.75, 3.05) is 33.2 Å². The van der Waals surface area contributed by atoms with E-state index < -0.39 is 5.60 Å². The summed E-state index contributed by atoms with van der Waals surface area (Å²) in [7, 11) is 1.65. The maximum atomic E-state index is 12.0. The molecule has 2 amide bonds. The van der Waals surface area contributed by atoms with Gasteiger partial charge in [0.2, 0.25) is 5.91 Å². The molecule has 0 aliphatic carbocycles. The van der Waals surface area contributed by atoms with Crippen LogP contribution in [0.2, 0.25) is 0 Å². The second kappa shape index (κ2) is 9.96. The van der Waals surface area contributed by atoms with Crippen LogP contribution in [0, 0.1) is 0 Å². The van der Waals surface area contributed by atoms with Gasteiger partial charge < -0.3 is 25.6 Å². The molecule has 1 heterocycles. The molecule has 0 unspecified atom stereocenters. The van der Waals surface area contributed by atoms with Gasteiger partial charge >= 0.3 is 6.09 Å². The number of rotatable bonds is 6. The molecular weight excluding hydrogens is 358 g/mol. The molecule has 0 bridgehead atoms. The van der Waals surface area contributed by atoms with Crippen molar-refractivity contribution in [2.45, 2.75) is 38.8 Å². The number of carbonyl (C=O) groups is 2. The molecule has 8 heteroatoms. The zero-order valence-corrected chi connectivity index (χ0v) is 17.1. The number of guanidine groups is 1. The Bertz CT molecular complexity index is 679. The lowest BCUT2D eigenvalue weighted by atomic mass is 10.1. The number of nitrogens with zero attached hydrogens (tertiary/aromatic N) is 2. The van der Waals surface area contributed by atoms with Crippen LogP contribution in [0.4, 0.5) is 4.79 Å². The molecule has 1 aromatic rings. The topological polar surface area (TPSA) is 95.1 Å². The van der Waals surface area contributed by atoms with Gasteiger partial charge in [-0.05, 0) is 32.8 Å². The first kappa shape index (κ1) is 21.5. The van der Waals surface area contributed by atoms with Gasteiger partial charge in [-0.2, -0.15) is 0 Å². The SMILES string of the molecule is CN=C(NCC(=O)NCCc1ccccc1)NC1CN(C(=O)OC(C)(C)C)C1. The zero-order valence-electron chi connectivity index (χ0n) is 17.1. The van der Waals surface area contributed by atoms with Crippen molar-refractivity contribution in [1.82, 2.24) is 20.9 Å². The van der Waals surface area contributed by atoms with Crippen LogP contribution >= 0.6 is 0 Å². The van der Waals surface area contributed by atoms with Gasteiger partial charge in [0.1, 0.15) is 5.60 Å². The van der Waals surface area contributed by atoms with Crippen LogP contribution in [-0.4, -0.2) is 67.7 Å². The number of likely N-dealkylation sites (tertiary alicyclic amines) is 1. The summed E-state index contributed by atoms with van der Waals surface area (Å²) in [6.45, 7) is 7.34. The van der Waals surface area contributed by atoms with E-state index in [1.54, 1.807) is 11.9 Å². The first-order valence-corrected chi connectivity index (χ1v) is 9.52. The fourth-order valence-corrected chi connectivity index (χ4v) is 2.65. The summed E-state index contributed by atoms with van der Waals surface area (Å²) < 4.78 is 5.33. The maximum absolute atomic E-state index is 12.0. The minimum atomic E-state index is -0.499. The highest BCUT2D eigenvalue weighted by Gasteiger charge is 2.34. The largest absolute Gasteiger partial charge is 0.444 e. The Balaban J connectivity index is 1.61. The molecule has 3 N–H and O–H groups in total. The van der Waals surface area contributed by atoms with Gasteiger partial charge in [-0.25, -0.2) is 4.79 Å². The van der Waals surface area contributed by atoms with Crippen molar-refractivity contribution in [1.29, 1.82) is 0 Å². The quantitative estimate of drug-likeness (QED) is 0.501. The third-order valence-electron chi connectivity index (χ3n) is 4.09. The molecule has 0 radical (unpaired) electrons. The average molecular weight is 390 g/mol. The lowest BCUT2D eigenvalue weighted by Gasteiger charge is -2.40. The van der Waals surface area contributed by atoms with Crippen molar-refractivity contribution >= 4 is 18.0 Å². The van der Waals surface area contributed by atoms with Crippen LogP contribution in [0.15, 0.2) is 35.3 Å². The predicted octanol–water partition coefficient (Wildman–Crippen LogP) is 1.13. The summed E-state index contributed by atoms with van der Waals surface area (Å²) in [6.07, 6.45) is 0.480. The number of hydrogen-bond donors (Lipinski definition) is 3. The third-order valence-corrected chi connectivity index (χ3v) is 4.09. The van der Waals surface area contributed by atoms with E-state index in [2.05, 4.69) is 20.9 Å². The van der Waals surface area contributed by atoms with E-state index in [-0.39, 0.29) is 24.6 Å². The van der Waals surface area contributed by atoms with E-state index >= 15 is 0 Å². The predicted molar refractivity (Wildman–Crippen MR) is 109 cm³/mol. The molecule has 1 aliphatic heterocycles. The molecule has 28 heavy (non-hydrogen) atoms. The number of aliphatic imine (C=N–C) groups is 1. The van der Waals surface area contributed by atoms with E-state index in [9.17, 15) is 9.59 Å². The molecule has 1 aromatic carbocycles. The maximum Gasteiger partial charge on any atom is 0.410 e. The van der Waals surface area contributed by atoms with Gasteiger partial charge in [0, 0.05) is 26.7 Å². The fourth-order valence-electron chi connectivity index (χ4n) is 2.65. The summed E-state index contributed by atoms with van der Waals surface area (Å²) in [5.74, 6) is 0.440. The van der Waals surface area contributed by atoms with Gasteiger partial charge in [-0.1, -0.05) is 30.3 Å². The van der Waals surface area contributed by atoms with E-state index in [1.807, 2.05) is 51.1 Å². The van der Waals surface area contributed by atoms with Gasteiger partial charge in [0.25, 0.3) is 0 Å². The summed E-state index contributed by atoms with van der Waals surface area (Å²) >= 11 is 0. The van der Waals surface area contributed by atoms with E-state index in [0.29, 0.717) is 25.6 Å². The van der Waals surface area contributed by atoms with E-state index in [1.165, 1.54) is 5.56 Å². The Hall–Kier alpha value is -2.77. The van der Waals surface area contributed by atoms with Gasteiger partial charge in [-0.15, -0.1) is 0 Å².